The first-order valence-electron chi connectivity index (χ1n) is 8.79. The van der Waals surface area contributed by atoms with Crippen molar-refractivity contribution in [1.29, 1.82) is 0 Å². The predicted octanol–water partition coefficient (Wildman–Crippen LogP) is 2.48. The van der Waals surface area contributed by atoms with Gasteiger partial charge < -0.3 is 10.2 Å². The lowest BCUT2D eigenvalue weighted by Gasteiger charge is -2.39. The summed E-state index contributed by atoms with van der Waals surface area (Å²) in [6, 6.07) is 4.06. The highest BCUT2D eigenvalue weighted by Gasteiger charge is 2.45. The quantitative estimate of drug-likeness (QED) is 0.814. The van der Waals surface area contributed by atoms with Gasteiger partial charge in [-0.15, -0.1) is 0 Å². The van der Waals surface area contributed by atoms with E-state index in [9.17, 15) is 22.8 Å². The minimum absolute atomic E-state index is 0.00781. The van der Waals surface area contributed by atoms with Crippen LogP contribution in [0.15, 0.2) is 24.3 Å². The molecule has 2 saturated heterocycles. The molecule has 2 aliphatic rings. The van der Waals surface area contributed by atoms with Gasteiger partial charge in [0.2, 0.25) is 5.91 Å². The third-order valence-corrected chi connectivity index (χ3v) is 5.75. The Balaban J connectivity index is 1.59. The number of benzene rings is 1. The zero-order chi connectivity index (χ0) is 19.7. The van der Waals surface area contributed by atoms with Gasteiger partial charge in [-0.3, -0.25) is 14.9 Å². The maximum absolute atomic E-state index is 12.6. The smallest absolute Gasteiger partial charge is 0.338 e. The zero-order valence-corrected chi connectivity index (χ0v) is 15.8. The molecule has 9 heteroatoms. The Hall–Kier alpha value is -1.74. The average molecular weight is 401 g/mol. The summed E-state index contributed by atoms with van der Waals surface area (Å²) in [5, 5.41) is 6.41. The molecule has 1 aromatic carbocycles. The number of hydrogen-bond acceptors (Lipinski definition) is 4. The normalized spacial score (nSPS) is 22.1. The summed E-state index contributed by atoms with van der Waals surface area (Å²) in [7, 11) is 0. The van der Waals surface area contributed by atoms with E-state index in [2.05, 4.69) is 10.6 Å². The molecule has 2 N–H and O–H groups in total. The Morgan fingerprint density at radius 2 is 1.89 bits per heavy atom. The highest BCUT2D eigenvalue weighted by atomic mass is 32.2. The number of alkyl halides is 3. The number of nitrogens with one attached hydrogen (secondary N) is 2. The number of rotatable bonds is 4. The van der Waals surface area contributed by atoms with Crippen LogP contribution >= 0.6 is 11.8 Å². The van der Waals surface area contributed by atoms with Gasteiger partial charge in [-0.25, -0.2) is 0 Å². The van der Waals surface area contributed by atoms with Crippen molar-refractivity contribution in [3.05, 3.63) is 35.4 Å². The van der Waals surface area contributed by atoms with Crippen molar-refractivity contribution >= 4 is 23.6 Å². The molecule has 0 saturated carbocycles. The Morgan fingerprint density at radius 3 is 2.44 bits per heavy atom. The molecule has 0 bridgehead atoms. The lowest BCUT2D eigenvalue weighted by molar-refractivity contribution is -0.137. The van der Waals surface area contributed by atoms with Crippen LogP contribution in [-0.2, 0) is 11.0 Å². The van der Waals surface area contributed by atoms with Gasteiger partial charge in [-0.05, 0) is 42.7 Å². The van der Waals surface area contributed by atoms with Crippen LogP contribution in [0, 0.1) is 0 Å². The summed E-state index contributed by atoms with van der Waals surface area (Å²) in [5.41, 5.74) is -1.03. The van der Waals surface area contributed by atoms with Crippen LogP contribution in [0.2, 0.25) is 0 Å². The number of halogens is 3. The molecule has 1 atom stereocenters. The topological polar surface area (TPSA) is 61.4 Å². The molecule has 5 nitrogen and oxygen atoms in total. The molecular weight excluding hydrogens is 379 g/mol. The fourth-order valence-corrected chi connectivity index (χ4v) is 4.01. The third-order valence-electron chi connectivity index (χ3n) is 5.10. The first-order chi connectivity index (χ1) is 12.7. The first-order valence-corrected chi connectivity index (χ1v) is 10.2. The van der Waals surface area contributed by atoms with Gasteiger partial charge >= 0.3 is 6.18 Å². The molecule has 2 amide bonds. The summed E-state index contributed by atoms with van der Waals surface area (Å²) >= 11 is 1.69. The van der Waals surface area contributed by atoms with Crippen molar-refractivity contribution in [2.45, 2.75) is 37.1 Å². The molecule has 1 unspecified atom stereocenters. The average Bonchev–Trinajstić information content (AvgIpc) is 2.94. The summed E-state index contributed by atoms with van der Waals surface area (Å²) in [6.07, 6.45) is -0.531. The molecule has 2 fully saturated rings. The van der Waals surface area contributed by atoms with Gasteiger partial charge in [0.1, 0.15) is 0 Å². The monoisotopic (exact) mass is 401 g/mol. The van der Waals surface area contributed by atoms with Gasteiger partial charge in [0.05, 0.1) is 17.3 Å². The number of hydrogen-bond donors (Lipinski definition) is 2. The molecule has 3 rings (SSSR count). The number of amides is 2. The second kappa shape index (κ2) is 7.71. The van der Waals surface area contributed by atoms with Crippen molar-refractivity contribution in [2.24, 2.45) is 0 Å². The van der Waals surface area contributed by atoms with Crippen LogP contribution in [0.1, 0.15) is 35.2 Å². The summed E-state index contributed by atoms with van der Waals surface area (Å²) in [4.78, 5) is 26.3. The number of carbonyl (C=O) groups is 2. The van der Waals surface area contributed by atoms with E-state index >= 15 is 0 Å². The van der Waals surface area contributed by atoms with E-state index in [0.717, 1.165) is 24.3 Å². The minimum atomic E-state index is -4.42. The number of likely N-dealkylation sites (tertiary alicyclic amines) is 1. The van der Waals surface area contributed by atoms with E-state index < -0.39 is 17.4 Å². The molecule has 27 heavy (non-hydrogen) atoms. The summed E-state index contributed by atoms with van der Waals surface area (Å²) in [6.45, 7) is 0.866. The summed E-state index contributed by atoms with van der Waals surface area (Å²) < 4.78 is 37.9. The molecule has 2 aliphatic heterocycles. The van der Waals surface area contributed by atoms with Gasteiger partial charge in [-0.1, -0.05) is 0 Å². The van der Waals surface area contributed by atoms with E-state index in [1.54, 1.807) is 16.7 Å². The number of piperidine rings is 1. The fourth-order valence-electron chi connectivity index (χ4n) is 3.54. The number of nitrogens with zero attached hydrogens (tertiary/aromatic N) is 1. The molecule has 0 aliphatic carbocycles. The van der Waals surface area contributed by atoms with E-state index in [0.29, 0.717) is 25.9 Å². The number of carbonyl (C=O) groups excluding carboxylic acids is 2. The van der Waals surface area contributed by atoms with Gasteiger partial charge in [-0.2, -0.15) is 24.9 Å². The molecule has 2 heterocycles. The molecular formula is C18H22F3N3O2S. The maximum Gasteiger partial charge on any atom is 0.416 e. The predicted molar refractivity (Wildman–Crippen MR) is 97.4 cm³/mol. The Kier molecular flexibility index (Phi) is 5.71. The van der Waals surface area contributed by atoms with Crippen LogP contribution in [0.4, 0.5) is 13.2 Å². The van der Waals surface area contributed by atoms with Crippen LogP contribution in [-0.4, -0.2) is 53.5 Å². The highest BCUT2D eigenvalue weighted by molar-refractivity contribution is 7.98. The molecule has 0 radical (unpaired) electrons. The van der Waals surface area contributed by atoms with E-state index in [4.69, 9.17) is 0 Å². The molecule has 1 spiro atoms. The zero-order valence-electron chi connectivity index (χ0n) is 14.9. The second-order valence-electron chi connectivity index (χ2n) is 6.92. The van der Waals surface area contributed by atoms with Crippen LogP contribution in [0.5, 0.6) is 0 Å². The largest absolute Gasteiger partial charge is 0.416 e. The van der Waals surface area contributed by atoms with Gasteiger partial charge in [0, 0.05) is 31.5 Å². The third kappa shape index (κ3) is 4.40. The van der Waals surface area contributed by atoms with Crippen LogP contribution in [0.3, 0.4) is 0 Å². The van der Waals surface area contributed by atoms with Crippen LogP contribution < -0.4 is 10.6 Å². The first kappa shape index (κ1) is 20.0. The highest BCUT2D eigenvalue weighted by Crippen LogP contribution is 2.30. The standard InChI is InChI=1S/C18H22F3N3O2S/c1-27-11-6-14-15(25)23-17(22-14)7-9-24(10-8-17)16(26)12-2-4-13(5-3-12)18(19,20)21/h2-5,14,22H,6-11H2,1H3,(H,23,25). The van der Waals surface area contributed by atoms with E-state index in [-0.39, 0.29) is 23.4 Å². The van der Waals surface area contributed by atoms with Crippen molar-refractivity contribution in [3.8, 4) is 0 Å². The van der Waals surface area contributed by atoms with Crippen LogP contribution in [0.25, 0.3) is 0 Å². The molecule has 0 aromatic heterocycles. The Bertz CT molecular complexity index is 701. The number of thioether (sulfide) groups is 1. The van der Waals surface area contributed by atoms with E-state index in [1.807, 2.05) is 6.26 Å². The van der Waals surface area contributed by atoms with Crippen molar-refractivity contribution < 1.29 is 22.8 Å². The van der Waals surface area contributed by atoms with Gasteiger partial charge in [0.25, 0.3) is 5.91 Å². The lowest BCUT2D eigenvalue weighted by Crippen LogP contribution is -2.58. The second-order valence-corrected chi connectivity index (χ2v) is 7.90. The minimum Gasteiger partial charge on any atom is -0.338 e. The SMILES string of the molecule is CSCCC1NC2(CCN(C(=O)c3ccc(C(F)(F)F)cc3)CC2)NC1=O. The van der Waals surface area contributed by atoms with Gasteiger partial charge in [0.15, 0.2) is 0 Å². The Labute approximate surface area is 160 Å². The molecule has 1 aromatic rings. The Morgan fingerprint density at radius 1 is 1.26 bits per heavy atom. The maximum atomic E-state index is 12.6. The van der Waals surface area contributed by atoms with Crippen molar-refractivity contribution in [1.82, 2.24) is 15.5 Å². The van der Waals surface area contributed by atoms with E-state index in [1.165, 1.54) is 12.1 Å². The fraction of sp³-hybridized carbons (Fsp3) is 0.556. The van der Waals surface area contributed by atoms with Crippen molar-refractivity contribution in [3.63, 3.8) is 0 Å². The van der Waals surface area contributed by atoms with Crippen molar-refractivity contribution in [2.75, 3.05) is 25.1 Å². The summed E-state index contributed by atoms with van der Waals surface area (Å²) in [5.74, 6) is 0.591. The molecule has 148 valence electrons. The lowest BCUT2D eigenvalue weighted by atomic mass is 9.97.